The van der Waals surface area contributed by atoms with Crippen molar-refractivity contribution in [2.45, 2.75) is 0 Å². The average Bonchev–Trinajstić information content (AvgIpc) is 2.74. The van der Waals surface area contributed by atoms with Crippen LogP contribution in [0.4, 0.5) is 0 Å². The Bertz CT molecular complexity index is 674. The van der Waals surface area contributed by atoms with Crippen LogP contribution in [0.25, 0.3) is 23.2 Å². The third-order valence-corrected chi connectivity index (χ3v) is 2.51. The lowest BCUT2D eigenvalue weighted by Crippen LogP contribution is -1.79. The first kappa shape index (κ1) is 10.7. The smallest absolute Gasteiger partial charge is 0.130 e. The molecule has 2 rings (SSSR count). The van der Waals surface area contributed by atoms with Crippen molar-refractivity contribution in [3.05, 3.63) is 48.2 Å². The highest BCUT2D eigenvalue weighted by Gasteiger charge is 2.05. The van der Waals surface area contributed by atoms with Gasteiger partial charge in [0, 0.05) is 23.3 Å². The molecular weight excluding hydrogens is 210 g/mol. The maximum absolute atomic E-state index is 8.76. The van der Waals surface area contributed by atoms with Gasteiger partial charge in [0.05, 0.1) is 5.52 Å². The summed E-state index contributed by atoms with van der Waals surface area (Å²) < 4.78 is 1.87. The lowest BCUT2D eigenvalue weighted by Gasteiger charge is -1.94. The zero-order chi connectivity index (χ0) is 12.3. The minimum Gasteiger partial charge on any atom is -0.323 e. The Labute approximate surface area is 99.1 Å². The second-order valence-electron chi connectivity index (χ2n) is 3.47. The van der Waals surface area contributed by atoms with Gasteiger partial charge < -0.3 is 4.57 Å². The largest absolute Gasteiger partial charge is 0.323 e. The normalized spacial score (nSPS) is 9.29. The number of nitrogens with zero attached hydrogens (tertiary/aromatic N) is 3. The molecule has 1 heterocycles. The van der Waals surface area contributed by atoms with Crippen LogP contribution in [0.15, 0.2) is 42.6 Å². The summed E-state index contributed by atoms with van der Waals surface area (Å²) in [5, 5.41) is 18.5. The van der Waals surface area contributed by atoms with Crippen LogP contribution in [0.2, 0.25) is 0 Å². The number of fused-ring (bicyclic) bond motifs is 1. The van der Waals surface area contributed by atoms with Crippen LogP contribution in [-0.2, 0) is 0 Å². The Morgan fingerprint density at radius 2 is 1.94 bits per heavy atom. The van der Waals surface area contributed by atoms with E-state index in [-0.39, 0.29) is 5.57 Å². The van der Waals surface area contributed by atoms with Gasteiger partial charge in [-0.05, 0) is 12.1 Å². The van der Waals surface area contributed by atoms with Crippen molar-refractivity contribution in [3.63, 3.8) is 0 Å². The number of aromatic nitrogens is 1. The summed E-state index contributed by atoms with van der Waals surface area (Å²) in [6.07, 6.45) is 5.13. The van der Waals surface area contributed by atoms with Crippen LogP contribution in [0.5, 0.6) is 0 Å². The fraction of sp³-hybridized carbons (Fsp3) is 0. The van der Waals surface area contributed by atoms with E-state index in [1.54, 1.807) is 12.3 Å². The van der Waals surface area contributed by atoms with Gasteiger partial charge >= 0.3 is 0 Å². The van der Waals surface area contributed by atoms with Crippen molar-refractivity contribution in [3.8, 4) is 12.1 Å². The molecular formula is C14H9N3. The topological polar surface area (TPSA) is 52.5 Å². The molecule has 17 heavy (non-hydrogen) atoms. The highest BCUT2D eigenvalue weighted by atomic mass is 14.9. The third kappa shape index (κ3) is 1.82. The summed E-state index contributed by atoms with van der Waals surface area (Å²) in [7, 11) is 0. The zero-order valence-electron chi connectivity index (χ0n) is 9.09. The van der Waals surface area contributed by atoms with Gasteiger partial charge in [0.1, 0.15) is 17.7 Å². The fourth-order valence-electron chi connectivity index (χ4n) is 1.74. The Hall–Kier alpha value is -2.78. The molecule has 0 atom stereocenters. The van der Waals surface area contributed by atoms with Crippen LogP contribution >= 0.6 is 0 Å². The molecule has 3 nitrogen and oxygen atoms in total. The van der Waals surface area contributed by atoms with Crippen LogP contribution in [0.1, 0.15) is 5.56 Å². The predicted molar refractivity (Wildman–Crippen MR) is 67.5 cm³/mol. The van der Waals surface area contributed by atoms with Crippen molar-refractivity contribution in [2.24, 2.45) is 0 Å². The molecule has 1 aromatic carbocycles. The average molecular weight is 219 g/mol. The van der Waals surface area contributed by atoms with Crippen LogP contribution in [-0.4, -0.2) is 4.57 Å². The highest BCUT2D eigenvalue weighted by molar-refractivity contribution is 5.91. The van der Waals surface area contributed by atoms with Gasteiger partial charge in [-0.2, -0.15) is 10.5 Å². The highest BCUT2D eigenvalue weighted by Crippen LogP contribution is 2.23. The number of hydrogen-bond donors (Lipinski definition) is 0. The Balaban J connectivity index is 2.73. The van der Waals surface area contributed by atoms with Gasteiger partial charge in [-0.1, -0.05) is 24.8 Å². The third-order valence-electron chi connectivity index (χ3n) is 2.51. The quantitative estimate of drug-likeness (QED) is 0.728. The molecule has 0 unspecified atom stereocenters. The molecule has 0 aliphatic heterocycles. The molecule has 1 aromatic heterocycles. The molecule has 0 aliphatic rings. The lowest BCUT2D eigenvalue weighted by atomic mass is 10.1. The van der Waals surface area contributed by atoms with E-state index >= 15 is 0 Å². The fourth-order valence-corrected chi connectivity index (χ4v) is 1.74. The van der Waals surface area contributed by atoms with Crippen LogP contribution < -0.4 is 0 Å². The van der Waals surface area contributed by atoms with Crippen molar-refractivity contribution >= 4 is 23.2 Å². The predicted octanol–water partition coefficient (Wildman–Crippen LogP) is 3.17. The Morgan fingerprint density at radius 3 is 2.59 bits per heavy atom. The lowest BCUT2D eigenvalue weighted by molar-refractivity contribution is 1.23. The van der Waals surface area contributed by atoms with Gasteiger partial charge in [-0.3, -0.25) is 0 Å². The van der Waals surface area contributed by atoms with Gasteiger partial charge in [0.15, 0.2) is 0 Å². The van der Waals surface area contributed by atoms with E-state index in [0.29, 0.717) is 0 Å². The van der Waals surface area contributed by atoms with Crippen LogP contribution in [0.3, 0.4) is 0 Å². The summed E-state index contributed by atoms with van der Waals surface area (Å²) in [4.78, 5) is 0. The van der Waals surface area contributed by atoms with E-state index in [9.17, 15) is 0 Å². The molecule has 2 aromatic rings. The van der Waals surface area contributed by atoms with Crippen LogP contribution in [0, 0.1) is 22.7 Å². The van der Waals surface area contributed by atoms with Gasteiger partial charge in [-0.15, -0.1) is 0 Å². The molecule has 0 fully saturated rings. The SMILES string of the molecule is C=Cn1cc(C=C(C#N)C#N)c2ccccc21. The molecule has 80 valence electrons. The minimum absolute atomic E-state index is 0.0944. The molecule has 0 saturated heterocycles. The summed E-state index contributed by atoms with van der Waals surface area (Å²) in [5.41, 5.74) is 1.94. The number of para-hydroxylation sites is 1. The van der Waals surface area contributed by atoms with Gasteiger partial charge in [-0.25, -0.2) is 0 Å². The molecule has 0 aliphatic carbocycles. The Kier molecular flexibility index (Phi) is 2.77. The van der Waals surface area contributed by atoms with E-state index in [1.807, 2.05) is 47.2 Å². The number of allylic oxidation sites excluding steroid dienone is 1. The van der Waals surface area contributed by atoms with Crippen molar-refractivity contribution in [1.29, 1.82) is 10.5 Å². The first-order chi connectivity index (χ1) is 8.30. The Morgan fingerprint density at radius 1 is 1.24 bits per heavy atom. The van der Waals surface area contributed by atoms with E-state index in [2.05, 4.69) is 6.58 Å². The number of rotatable bonds is 2. The van der Waals surface area contributed by atoms with Crippen molar-refractivity contribution in [2.75, 3.05) is 0 Å². The van der Waals surface area contributed by atoms with E-state index < -0.39 is 0 Å². The molecule has 0 bridgehead atoms. The second kappa shape index (κ2) is 4.38. The number of benzene rings is 1. The summed E-state index contributed by atoms with van der Waals surface area (Å²) in [6, 6.07) is 11.5. The van der Waals surface area contributed by atoms with E-state index in [0.717, 1.165) is 16.5 Å². The number of hydrogen-bond acceptors (Lipinski definition) is 2. The first-order valence-corrected chi connectivity index (χ1v) is 5.04. The van der Waals surface area contributed by atoms with E-state index in [4.69, 9.17) is 10.5 Å². The summed E-state index contributed by atoms with van der Waals surface area (Å²) >= 11 is 0. The zero-order valence-corrected chi connectivity index (χ0v) is 9.09. The molecule has 0 N–H and O–H groups in total. The van der Waals surface area contributed by atoms with Gasteiger partial charge in [0.2, 0.25) is 0 Å². The number of nitriles is 2. The van der Waals surface area contributed by atoms with E-state index in [1.165, 1.54) is 0 Å². The minimum atomic E-state index is 0.0944. The molecule has 0 amide bonds. The van der Waals surface area contributed by atoms with Crippen molar-refractivity contribution in [1.82, 2.24) is 4.57 Å². The van der Waals surface area contributed by atoms with Gasteiger partial charge in [0.25, 0.3) is 0 Å². The maximum Gasteiger partial charge on any atom is 0.130 e. The molecule has 0 saturated carbocycles. The molecule has 3 heteroatoms. The monoisotopic (exact) mass is 219 g/mol. The van der Waals surface area contributed by atoms with Crippen molar-refractivity contribution < 1.29 is 0 Å². The second-order valence-corrected chi connectivity index (χ2v) is 3.47. The first-order valence-electron chi connectivity index (χ1n) is 5.04. The molecule has 0 radical (unpaired) electrons. The maximum atomic E-state index is 8.76. The molecule has 0 spiro atoms. The summed E-state index contributed by atoms with van der Waals surface area (Å²) in [5.74, 6) is 0. The summed E-state index contributed by atoms with van der Waals surface area (Å²) in [6.45, 7) is 3.73. The standard InChI is InChI=1S/C14H9N3/c1-2-17-10-12(7-11(8-15)9-16)13-5-3-4-6-14(13)17/h2-7,10H,1H2.